The van der Waals surface area contributed by atoms with E-state index < -0.39 is 12.2 Å². The van der Waals surface area contributed by atoms with Crippen LogP contribution >= 0.6 is 0 Å². The first-order valence-electron chi connectivity index (χ1n) is 6.12. The van der Waals surface area contributed by atoms with Gasteiger partial charge in [0.2, 0.25) is 0 Å². The van der Waals surface area contributed by atoms with E-state index in [0.29, 0.717) is 23.1 Å². The molecule has 0 radical (unpaired) electrons. The highest BCUT2D eigenvalue weighted by Gasteiger charge is 2.20. The molecule has 21 heavy (non-hydrogen) atoms. The summed E-state index contributed by atoms with van der Waals surface area (Å²) in [5, 5.41) is 0. The Morgan fingerprint density at radius 3 is 2.43 bits per heavy atom. The predicted molar refractivity (Wildman–Crippen MR) is 77.1 cm³/mol. The molecular weight excluding hydrogens is 272 g/mol. The van der Waals surface area contributed by atoms with E-state index in [1.54, 1.807) is 30.3 Å². The molecule has 0 atom stereocenters. The van der Waals surface area contributed by atoms with Crippen LogP contribution in [0.3, 0.4) is 0 Å². The van der Waals surface area contributed by atoms with E-state index in [-0.39, 0.29) is 11.5 Å². The van der Waals surface area contributed by atoms with Gasteiger partial charge in [-0.25, -0.2) is 9.59 Å². The number of rotatable bonds is 3. The number of hydrogen-bond acceptors (Lipinski definition) is 4. The first kappa shape index (κ1) is 14.4. The highest BCUT2D eigenvalue weighted by molar-refractivity contribution is 5.85. The first-order valence-corrected chi connectivity index (χ1v) is 6.12. The lowest BCUT2D eigenvalue weighted by atomic mass is 9.94. The molecule has 6 heteroatoms. The van der Waals surface area contributed by atoms with Crippen LogP contribution in [0.5, 0.6) is 5.75 Å². The molecular formula is C15H14N2O4. The fraction of sp³-hybridized carbons (Fsp3) is 0.0667. The Hall–Kier alpha value is -3.02. The standard InChI is InChI=1S/C15H14N2O4/c1-9-5-4-7-11(13(9)21-15(17)19)10-6-2-3-8-12(10)20-14(16)18/h2-4,6-8H,1,5H2,(H2,16,18)(H2,17,19). The minimum absolute atomic E-state index is 0.255. The Morgan fingerprint density at radius 2 is 1.76 bits per heavy atom. The van der Waals surface area contributed by atoms with Gasteiger partial charge in [0.25, 0.3) is 0 Å². The van der Waals surface area contributed by atoms with Gasteiger partial charge in [0.15, 0.2) is 0 Å². The number of amides is 2. The molecule has 0 bridgehead atoms. The van der Waals surface area contributed by atoms with E-state index >= 15 is 0 Å². The van der Waals surface area contributed by atoms with Gasteiger partial charge < -0.3 is 20.9 Å². The van der Waals surface area contributed by atoms with Crippen LogP contribution in [-0.2, 0) is 4.74 Å². The van der Waals surface area contributed by atoms with Crippen LogP contribution in [-0.4, -0.2) is 12.2 Å². The number of ether oxygens (including phenoxy) is 2. The maximum absolute atomic E-state index is 11.0. The number of carbonyl (C=O) groups excluding carboxylic acids is 2. The Bertz CT molecular complexity index is 674. The van der Waals surface area contributed by atoms with Crippen molar-refractivity contribution in [1.82, 2.24) is 0 Å². The van der Waals surface area contributed by atoms with Crippen molar-refractivity contribution in [2.75, 3.05) is 0 Å². The lowest BCUT2D eigenvalue weighted by molar-refractivity contribution is 0.189. The molecule has 1 aromatic carbocycles. The molecule has 0 aliphatic heterocycles. The number of primary amides is 2. The van der Waals surface area contributed by atoms with Crippen LogP contribution < -0.4 is 16.2 Å². The molecule has 0 heterocycles. The van der Waals surface area contributed by atoms with Crippen LogP contribution in [0.15, 0.2) is 54.3 Å². The number of hydrogen-bond donors (Lipinski definition) is 2. The normalized spacial score (nSPS) is 14.0. The van der Waals surface area contributed by atoms with Crippen LogP contribution in [0.4, 0.5) is 9.59 Å². The molecule has 0 fully saturated rings. The van der Waals surface area contributed by atoms with Gasteiger partial charge in [0.1, 0.15) is 11.5 Å². The Morgan fingerprint density at radius 1 is 1.10 bits per heavy atom. The highest BCUT2D eigenvalue weighted by Crippen LogP contribution is 2.35. The number of nitrogens with two attached hydrogens (primary N) is 2. The topological polar surface area (TPSA) is 105 Å². The van der Waals surface area contributed by atoms with Gasteiger partial charge in [0.05, 0.1) is 0 Å². The van der Waals surface area contributed by atoms with Crippen molar-refractivity contribution < 1.29 is 19.1 Å². The van der Waals surface area contributed by atoms with Crippen molar-refractivity contribution in [1.29, 1.82) is 0 Å². The van der Waals surface area contributed by atoms with Crippen molar-refractivity contribution >= 4 is 17.8 Å². The van der Waals surface area contributed by atoms with E-state index in [9.17, 15) is 9.59 Å². The van der Waals surface area contributed by atoms with Crippen molar-refractivity contribution in [3.8, 4) is 5.75 Å². The van der Waals surface area contributed by atoms with Gasteiger partial charge in [0, 0.05) is 11.1 Å². The maximum Gasteiger partial charge on any atom is 0.409 e. The quantitative estimate of drug-likeness (QED) is 0.890. The van der Waals surface area contributed by atoms with Crippen molar-refractivity contribution in [3.63, 3.8) is 0 Å². The van der Waals surface area contributed by atoms with Gasteiger partial charge in [-0.15, -0.1) is 0 Å². The van der Waals surface area contributed by atoms with Crippen LogP contribution in [0.25, 0.3) is 5.57 Å². The SMILES string of the molecule is C=C1CC=CC(c2ccccc2OC(N)=O)=C1OC(N)=O. The second-order valence-corrected chi connectivity index (χ2v) is 4.29. The van der Waals surface area contributed by atoms with Gasteiger partial charge in [-0.2, -0.15) is 0 Å². The molecule has 1 aliphatic carbocycles. The molecule has 0 aromatic heterocycles. The largest absolute Gasteiger partial charge is 0.410 e. The van der Waals surface area contributed by atoms with E-state index in [1.165, 1.54) is 0 Å². The molecule has 2 rings (SSSR count). The smallest absolute Gasteiger partial charge is 0.409 e. The summed E-state index contributed by atoms with van der Waals surface area (Å²) >= 11 is 0. The Labute approximate surface area is 121 Å². The minimum Gasteiger partial charge on any atom is -0.410 e. The molecule has 2 amide bonds. The summed E-state index contributed by atoms with van der Waals surface area (Å²) < 4.78 is 9.98. The van der Waals surface area contributed by atoms with Crippen molar-refractivity contribution in [2.24, 2.45) is 11.5 Å². The summed E-state index contributed by atoms with van der Waals surface area (Å²) in [6, 6.07) is 6.74. The number of benzene rings is 1. The zero-order chi connectivity index (χ0) is 15.4. The molecule has 108 valence electrons. The molecule has 1 aliphatic rings. The zero-order valence-electron chi connectivity index (χ0n) is 11.2. The summed E-state index contributed by atoms with van der Waals surface area (Å²) in [6.45, 7) is 3.84. The highest BCUT2D eigenvalue weighted by atomic mass is 16.6. The van der Waals surface area contributed by atoms with Gasteiger partial charge >= 0.3 is 12.2 Å². The average Bonchev–Trinajstić information content (AvgIpc) is 2.41. The van der Waals surface area contributed by atoms with Gasteiger partial charge in [-0.3, -0.25) is 0 Å². The average molecular weight is 286 g/mol. The third-order valence-electron chi connectivity index (χ3n) is 2.80. The molecule has 4 N–H and O–H groups in total. The Balaban J connectivity index is 2.56. The predicted octanol–water partition coefficient (Wildman–Crippen LogP) is 2.47. The van der Waals surface area contributed by atoms with Crippen LogP contribution in [0, 0.1) is 0 Å². The molecule has 6 nitrogen and oxygen atoms in total. The summed E-state index contributed by atoms with van der Waals surface area (Å²) in [4.78, 5) is 22.0. The van der Waals surface area contributed by atoms with Crippen LogP contribution in [0.2, 0.25) is 0 Å². The monoisotopic (exact) mass is 286 g/mol. The zero-order valence-corrected chi connectivity index (χ0v) is 11.2. The fourth-order valence-electron chi connectivity index (χ4n) is 2.00. The van der Waals surface area contributed by atoms with Crippen molar-refractivity contribution in [3.05, 3.63) is 59.9 Å². The number of para-hydroxylation sites is 1. The second kappa shape index (κ2) is 5.96. The molecule has 0 unspecified atom stereocenters. The second-order valence-electron chi connectivity index (χ2n) is 4.29. The van der Waals surface area contributed by atoms with E-state index in [2.05, 4.69) is 6.58 Å². The van der Waals surface area contributed by atoms with E-state index in [0.717, 1.165) is 0 Å². The fourth-order valence-corrected chi connectivity index (χ4v) is 2.00. The first-order chi connectivity index (χ1) is 9.99. The summed E-state index contributed by atoms with van der Waals surface area (Å²) in [5.41, 5.74) is 11.8. The summed E-state index contributed by atoms with van der Waals surface area (Å²) in [7, 11) is 0. The third kappa shape index (κ3) is 3.30. The van der Waals surface area contributed by atoms with Gasteiger partial charge in [-0.1, -0.05) is 36.9 Å². The molecule has 0 saturated carbocycles. The third-order valence-corrected chi connectivity index (χ3v) is 2.80. The molecule has 1 aromatic rings. The van der Waals surface area contributed by atoms with Crippen molar-refractivity contribution in [2.45, 2.75) is 6.42 Å². The summed E-state index contributed by atoms with van der Waals surface area (Å²) in [6.07, 6.45) is 2.26. The lowest BCUT2D eigenvalue weighted by Crippen LogP contribution is -2.18. The van der Waals surface area contributed by atoms with E-state index in [4.69, 9.17) is 20.9 Å². The van der Waals surface area contributed by atoms with Gasteiger partial charge in [-0.05, 0) is 18.1 Å². The molecule has 0 saturated heterocycles. The summed E-state index contributed by atoms with van der Waals surface area (Å²) in [5.74, 6) is 0.510. The number of carbonyl (C=O) groups is 2. The maximum atomic E-state index is 11.0. The lowest BCUT2D eigenvalue weighted by Gasteiger charge is -2.18. The number of allylic oxidation sites excluding steroid dienone is 4. The molecule has 0 spiro atoms. The minimum atomic E-state index is -0.938. The van der Waals surface area contributed by atoms with E-state index in [1.807, 2.05) is 6.08 Å². The Kier molecular flexibility index (Phi) is 4.08. The van der Waals surface area contributed by atoms with Crippen LogP contribution in [0.1, 0.15) is 12.0 Å².